The maximum Gasteiger partial charge on any atom is 0.255 e. The van der Waals surface area contributed by atoms with Crippen LogP contribution in [0.3, 0.4) is 0 Å². The summed E-state index contributed by atoms with van der Waals surface area (Å²) in [7, 11) is 2.18. The molecule has 0 spiro atoms. The average Bonchev–Trinajstić information content (AvgIpc) is 3.60. The van der Waals surface area contributed by atoms with Crippen molar-refractivity contribution < 1.29 is 4.79 Å². The van der Waals surface area contributed by atoms with Gasteiger partial charge >= 0.3 is 0 Å². The maximum absolute atomic E-state index is 12.8. The van der Waals surface area contributed by atoms with Crippen LogP contribution in [0.2, 0.25) is 0 Å². The molecule has 3 aliphatic rings. The highest BCUT2D eigenvalue weighted by Gasteiger charge is 2.37. The first-order valence-corrected chi connectivity index (χ1v) is 12.1. The Labute approximate surface area is 183 Å². The van der Waals surface area contributed by atoms with Gasteiger partial charge in [-0.15, -0.1) is 0 Å². The van der Waals surface area contributed by atoms with Gasteiger partial charge in [0.25, 0.3) is 5.91 Å². The normalized spacial score (nSPS) is 21.7. The quantitative estimate of drug-likeness (QED) is 0.732. The second kappa shape index (κ2) is 8.48. The Kier molecular flexibility index (Phi) is 5.57. The van der Waals surface area contributed by atoms with Crippen LogP contribution in [0.25, 0.3) is 0 Å². The summed E-state index contributed by atoms with van der Waals surface area (Å²) in [4.78, 5) is 17.6. The number of nitrogens with one attached hydrogen (secondary N) is 1. The number of amides is 1. The van der Waals surface area contributed by atoms with E-state index < -0.39 is 0 Å². The summed E-state index contributed by atoms with van der Waals surface area (Å²) < 4.78 is 0. The fourth-order valence-corrected chi connectivity index (χ4v) is 5.37. The molecular weight excluding hydrogens is 390 g/mol. The fraction of sp³-hybridized carbons (Fsp3) is 0.400. The molecule has 1 saturated heterocycles. The van der Waals surface area contributed by atoms with E-state index >= 15 is 0 Å². The number of carbonyl (C=O) groups excluding carboxylic acids is 1. The third kappa shape index (κ3) is 4.28. The van der Waals surface area contributed by atoms with Gasteiger partial charge in [0.2, 0.25) is 0 Å². The molecule has 1 amide bonds. The Morgan fingerprint density at radius 2 is 1.87 bits per heavy atom. The molecule has 5 heteroatoms. The Morgan fingerprint density at radius 1 is 1.10 bits per heavy atom. The van der Waals surface area contributed by atoms with Gasteiger partial charge in [-0.2, -0.15) is 11.8 Å². The van der Waals surface area contributed by atoms with Crippen LogP contribution in [0.4, 0.5) is 5.69 Å². The SMILES string of the molecule is CN1C(C2CC2)=CC1c1ccc(NC(=O)c2cccc(CN3CCSCC3)c2)cc1. The Hall–Kier alpha value is -2.24. The number of benzene rings is 2. The number of likely N-dealkylation sites (N-methyl/N-ethyl adjacent to an activating group) is 1. The van der Waals surface area contributed by atoms with Crippen molar-refractivity contribution in [1.82, 2.24) is 9.80 Å². The molecule has 1 aliphatic carbocycles. The molecule has 1 atom stereocenters. The van der Waals surface area contributed by atoms with Crippen LogP contribution >= 0.6 is 11.8 Å². The molecule has 1 N–H and O–H groups in total. The Morgan fingerprint density at radius 3 is 2.57 bits per heavy atom. The third-order valence-corrected chi connectivity index (χ3v) is 7.30. The summed E-state index contributed by atoms with van der Waals surface area (Å²) in [6.07, 6.45) is 5.07. The van der Waals surface area contributed by atoms with Crippen LogP contribution in [0.5, 0.6) is 0 Å². The van der Waals surface area contributed by atoms with Gasteiger partial charge in [0, 0.05) is 55.1 Å². The number of anilines is 1. The summed E-state index contributed by atoms with van der Waals surface area (Å²) in [5.41, 5.74) is 5.55. The fourth-order valence-electron chi connectivity index (χ4n) is 4.39. The summed E-state index contributed by atoms with van der Waals surface area (Å²) in [5.74, 6) is 3.15. The van der Waals surface area contributed by atoms with E-state index in [0.717, 1.165) is 36.8 Å². The van der Waals surface area contributed by atoms with Crippen molar-refractivity contribution in [2.75, 3.05) is 37.0 Å². The molecule has 156 valence electrons. The van der Waals surface area contributed by atoms with Crippen LogP contribution in [0.1, 0.15) is 40.4 Å². The monoisotopic (exact) mass is 419 g/mol. The minimum atomic E-state index is -0.0459. The van der Waals surface area contributed by atoms with Gasteiger partial charge in [0.15, 0.2) is 0 Å². The number of allylic oxidation sites excluding steroid dienone is 1. The number of thioether (sulfide) groups is 1. The molecule has 5 rings (SSSR count). The summed E-state index contributed by atoms with van der Waals surface area (Å²) in [5, 5.41) is 3.05. The van der Waals surface area contributed by atoms with Crippen molar-refractivity contribution in [3.8, 4) is 0 Å². The number of carbonyl (C=O) groups is 1. The lowest BCUT2D eigenvalue weighted by Gasteiger charge is -2.39. The average molecular weight is 420 g/mol. The standard InChI is InChI=1S/C25H29N3OS/c1-27-23(19-5-6-19)16-24(27)20-7-9-22(10-8-20)26-25(29)21-4-2-3-18(15-21)17-28-11-13-30-14-12-28/h2-4,7-10,15-16,19,24H,5-6,11-14,17H2,1H3,(H,26,29). The predicted octanol–water partition coefficient (Wildman–Crippen LogP) is 4.77. The van der Waals surface area contributed by atoms with E-state index in [1.165, 1.54) is 41.2 Å². The Bertz CT molecular complexity index is 945. The molecule has 2 aromatic rings. The van der Waals surface area contributed by atoms with Gasteiger partial charge < -0.3 is 10.2 Å². The first-order chi connectivity index (χ1) is 14.7. The molecule has 1 unspecified atom stereocenters. The lowest BCUT2D eigenvalue weighted by molar-refractivity contribution is 0.102. The van der Waals surface area contributed by atoms with Gasteiger partial charge in [0.1, 0.15) is 0 Å². The lowest BCUT2D eigenvalue weighted by Crippen LogP contribution is -2.32. The topological polar surface area (TPSA) is 35.6 Å². The van der Waals surface area contributed by atoms with Crippen molar-refractivity contribution in [3.05, 3.63) is 77.0 Å². The summed E-state index contributed by atoms with van der Waals surface area (Å²) in [6, 6.07) is 16.7. The van der Waals surface area contributed by atoms with Crippen molar-refractivity contribution in [3.63, 3.8) is 0 Å². The number of nitrogens with zero attached hydrogens (tertiary/aromatic N) is 2. The molecule has 0 radical (unpaired) electrons. The number of hydrogen-bond donors (Lipinski definition) is 1. The summed E-state index contributed by atoms with van der Waals surface area (Å²) in [6.45, 7) is 3.17. The highest BCUT2D eigenvalue weighted by molar-refractivity contribution is 7.99. The van der Waals surface area contributed by atoms with Crippen LogP contribution in [0, 0.1) is 5.92 Å². The van der Waals surface area contributed by atoms with Crippen molar-refractivity contribution >= 4 is 23.4 Å². The van der Waals surface area contributed by atoms with Crippen LogP contribution in [0.15, 0.2) is 60.3 Å². The highest BCUT2D eigenvalue weighted by atomic mass is 32.2. The first-order valence-electron chi connectivity index (χ1n) is 10.9. The van der Waals surface area contributed by atoms with Gasteiger partial charge in [-0.25, -0.2) is 0 Å². The van der Waals surface area contributed by atoms with Crippen LogP contribution in [-0.2, 0) is 6.54 Å². The minimum Gasteiger partial charge on any atom is -0.367 e. The molecule has 2 aliphatic heterocycles. The predicted molar refractivity (Wildman–Crippen MR) is 125 cm³/mol. The van der Waals surface area contributed by atoms with Gasteiger partial charge in [-0.1, -0.05) is 24.3 Å². The Balaban J connectivity index is 1.20. The van der Waals surface area contributed by atoms with Crippen molar-refractivity contribution in [2.24, 2.45) is 5.92 Å². The van der Waals surface area contributed by atoms with Crippen LogP contribution in [-0.4, -0.2) is 47.3 Å². The van der Waals surface area contributed by atoms with Crippen molar-refractivity contribution in [1.29, 1.82) is 0 Å². The van der Waals surface area contributed by atoms with Crippen molar-refractivity contribution in [2.45, 2.75) is 25.4 Å². The largest absolute Gasteiger partial charge is 0.367 e. The zero-order chi connectivity index (χ0) is 20.5. The van der Waals surface area contributed by atoms with E-state index in [-0.39, 0.29) is 5.91 Å². The lowest BCUT2D eigenvalue weighted by atomic mass is 9.95. The second-order valence-electron chi connectivity index (χ2n) is 8.59. The molecule has 2 aromatic carbocycles. The van der Waals surface area contributed by atoms with E-state index in [4.69, 9.17) is 0 Å². The third-order valence-electron chi connectivity index (χ3n) is 6.36. The molecule has 0 bridgehead atoms. The molecule has 2 fully saturated rings. The van der Waals surface area contributed by atoms with Gasteiger partial charge in [0.05, 0.1) is 6.04 Å². The zero-order valence-corrected chi connectivity index (χ0v) is 18.3. The van der Waals surface area contributed by atoms with E-state index in [0.29, 0.717) is 6.04 Å². The molecule has 2 heterocycles. The van der Waals surface area contributed by atoms with Crippen LogP contribution < -0.4 is 5.32 Å². The van der Waals surface area contributed by atoms with E-state index in [1.54, 1.807) is 0 Å². The summed E-state index contributed by atoms with van der Waals surface area (Å²) >= 11 is 2.02. The minimum absolute atomic E-state index is 0.0459. The zero-order valence-electron chi connectivity index (χ0n) is 17.5. The first kappa shape index (κ1) is 19.7. The molecular formula is C25H29N3OS. The van der Waals surface area contributed by atoms with E-state index in [1.807, 2.05) is 42.1 Å². The second-order valence-corrected chi connectivity index (χ2v) is 9.81. The molecule has 1 saturated carbocycles. The van der Waals surface area contributed by atoms with E-state index in [2.05, 4.69) is 46.4 Å². The van der Waals surface area contributed by atoms with Gasteiger partial charge in [-0.05, 0) is 60.2 Å². The number of rotatable bonds is 6. The maximum atomic E-state index is 12.8. The smallest absolute Gasteiger partial charge is 0.255 e. The number of hydrogen-bond acceptors (Lipinski definition) is 4. The van der Waals surface area contributed by atoms with E-state index in [9.17, 15) is 4.79 Å². The van der Waals surface area contributed by atoms with Gasteiger partial charge in [-0.3, -0.25) is 9.69 Å². The molecule has 4 nitrogen and oxygen atoms in total. The molecule has 30 heavy (non-hydrogen) atoms. The molecule has 0 aromatic heterocycles. The highest BCUT2D eigenvalue weighted by Crippen LogP contribution is 2.47.